The van der Waals surface area contributed by atoms with Crippen LogP contribution in [-0.4, -0.2) is 35.6 Å². The van der Waals surface area contributed by atoms with Gasteiger partial charge in [0.1, 0.15) is 12.6 Å². The van der Waals surface area contributed by atoms with Crippen LogP contribution in [0.1, 0.15) is 123 Å². The van der Waals surface area contributed by atoms with Crippen molar-refractivity contribution in [3.63, 3.8) is 0 Å². The highest BCUT2D eigenvalue weighted by Crippen LogP contribution is 2.12. The smallest absolute Gasteiger partial charge is 0.322 e. The molecule has 0 spiro atoms. The highest BCUT2D eigenvalue weighted by Gasteiger charge is 2.12. The third-order valence-corrected chi connectivity index (χ3v) is 7.11. The molecule has 0 aromatic rings. The Hall–Kier alpha value is -4.19. The molecule has 0 aromatic heterocycles. The number of hydrogen-bond acceptors (Lipinski definition) is 4. The maximum Gasteiger partial charge on any atom is 0.322 e. The molecule has 0 aromatic carbocycles. The van der Waals surface area contributed by atoms with Gasteiger partial charge in [-0.15, -0.1) is 0 Å². The summed E-state index contributed by atoms with van der Waals surface area (Å²) < 4.78 is 5.78. The number of aliphatic carboxylic acids is 1. The molecule has 276 valence electrons. The van der Waals surface area contributed by atoms with Gasteiger partial charge in [0.15, 0.2) is 0 Å². The number of unbranched alkanes of at least 4 members (excludes halogenated alkanes) is 2. The maximum absolute atomic E-state index is 12.6. The third-order valence-electron chi connectivity index (χ3n) is 7.11. The van der Waals surface area contributed by atoms with E-state index in [1.807, 2.05) is 12.2 Å². The predicted octanol–water partition coefficient (Wildman–Crippen LogP) is 11.3. The van der Waals surface area contributed by atoms with Crippen LogP contribution in [0.5, 0.6) is 0 Å². The fraction of sp³-hybridized carbons (Fsp3) is 0.477. The second-order valence-corrected chi connectivity index (χ2v) is 11.7. The van der Waals surface area contributed by atoms with Crippen molar-refractivity contribution in [3.8, 4) is 0 Å². The Labute approximate surface area is 303 Å². The van der Waals surface area contributed by atoms with E-state index < -0.39 is 5.97 Å². The van der Waals surface area contributed by atoms with Crippen LogP contribution < -0.4 is 5.32 Å². The van der Waals surface area contributed by atoms with Crippen LogP contribution in [0.3, 0.4) is 0 Å². The van der Waals surface area contributed by atoms with Gasteiger partial charge in [-0.2, -0.15) is 0 Å². The first-order valence-electron chi connectivity index (χ1n) is 18.7. The number of nitrogens with one attached hydrogen (secondary N) is 1. The molecule has 0 aliphatic rings. The Morgan fingerprint density at radius 2 is 0.960 bits per heavy atom. The molecular formula is C44H65NO5. The number of rotatable bonds is 31. The summed E-state index contributed by atoms with van der Waals surface area (Å²) in [6.07, 6.45) is 56.1. The average molecular weight is 688 g/mol. The quantitative estimate of drug-likeness (QED) is 0.0430. The molecule has 6 heteroatoms. The van der Waals surface area contributed by atoms with Crippen LogP contribution in [0.25, 0.3) is 0 Å². The zero-order valence-corrected chi connectivity index (χ0v) is 30.9. The maximum atomic E-state index is 12.6. The van der Waals surface area contributed by atoms with Gasteiger partial charge in [0.25, 0.3) is 0 Å². The minimum Gasteiger partial charge on any atom is -0.480 e. The molecule has 1 amide bonds. The van der Waals surface area contributed by atoms with E-state index in [-0.39, 0.29) is 30.9 Å². The van der Waals surface area contributed by atoms with E-state index in [9.17, 15) is 14.4 Å². The fourth-order valence-electron chi connectivity index (χ4n) is 4.43. The normalized spacial score (nSPS) is 13.5. The lowest BCUT2D eigenvalue weighted by Crippen LogP contribution is -2.28. The number of amides is 1. The standard InChI is InChI=1S/C44H65NO5/c1-3-5-7-9-11-13-15-17-19-20-21-23-25-27-29-31-33-39-44(49)50-41(37-34-35-38-42(46)45-40-43(47)48)36-32-30-28-26-24-22-18-16-14-12-10-8-6-4-2/h5-8,11-14,17-19,21-23,26-29,32,36,41H,3-4,9-10,15-16,20,24-25,30-31,33-35,37-40H2,1-2H3,(H,45,46)(H,47,48)/b7-5-,8-6-,13-11-,14-12-,19-17-,22-18-,23-21-,28-26-,29-27-,36-32-. The van der Waals surface area contributed by atoms with Gasteiger partial charge in [-0.3, -0.25) is 14.4 Å². The number of ether oxygens (including phenoxy) is 1. The minimum absolute atomic E-state index is 0.220. The van der Waals surface area contributed by atoms with Crippen molar-refractivity contribution in [3.05, 3.63) is 122 Å². The lowest BCUT2D eigenvalue weighted by atomic mass is 10.1. The molecule has 0 radical (unpaired) electrons. The van der Waals surface area contributed by atoms with Gasteiger partial charge in [0.2, 0.25) is 5.91 Å². The lowest BCUT2D eigenvalue weighted by molar-refractivity contribution is -0.147. The molecule has 0 heterocycles. The van der Waals surface area contributed by atoms with Crippen molar-refractivity contribution in [2.24, 2.45) is 0 Å². The second kappa shape index (κ2) is 37.6. The molecule has 0 saturated heterocycles. The molecule has 50 heavy (non-hydrogen) atoms. The summed E-state index contributed by atoms with van der Waals surface area (Å²) in [6.45, 7) is 3.90. The zero-order chi connectivity index (χ0) is 36.6. The van der Waals surface area contributed by atoms with Gasteiger partial charge < -0.3 is 15.2 Å². The lowest BCUT2D eigenvalue weighted by Gasteiger charge is -2.14. The molecule has 6 nitrogen and oxygen atoms in total. The van der Waals surface area contributed by atoms with E-state index in [0.717, 1.165) is 77.0 Å². The van der Waals surface area contributed by atoms with Crippen molar-refractivity contribution in [1.82, 2.24) is 5.32 Å². The summed E-state index contributed by atoms with van der Waals surface area (Å²) in [5, 5.41) is 11.1. The van der Waals surface area contributed by atoms with E-state index in [0.29, 0.717) is 25.7 Å². The Bertz CT molecular complexity index is 1160. The minimum atomic E-state index is -1.06. The SMILES string of the molecule is CC/C=C\C/C=C\C/C=C\C/C=C\C/C=C\CCCC(=O)OC(/C=C\C/C=C\C/C=C\C/C=C\C/C=C\CC)CCCCC(=O)NCC(=O)O. The first kappa shape index (κ1) is 45.8. The third kappa shape index (κ3) is 36.6. The van der Waals surface area contributed by atoms with Gasteiger partial charge in [0.05, 0.1) is 0 Å². The second-order valence-electron chi connectivity index (χ2n) is 11.7. The van der Waals surface area contributed by atoms with E-state index in [4.69, 9.17) is 9.84 Å². The Morgan fingerprint density at radius 3 is 1.40 bits per heavy atom. The Morgan fingerprint density at radius 1 is 0.540 bits per heavy atom. The molecule has 0 aliphatic heterocycles. The fourth-order valence-corrected chi connectivity index (χ4v) is 4.43. The van der Waals surface area contributed by atoms with E-state index in [1.54, 1.807) is 0 Å². The molecule has 0 aliphatic carbocycles. The number of hydrogen-bond donors (Lipinski definition) is 2. The Balaban J connectivity index is 4.50. The number of carboxylic acid groups (broad SMARTS) is 1. The summed E-state index contributed by atoms with van der Waals surface area (Å²) in [5.74, 6) is -1.57. The van der Waals surface area contributed by atoms with Crippen molar-refractivity contribution < 1.29 is 24.2 Å². The monoisotopic (exact) mass is 687 g/mol. The van der Waals surface area contributed by atoms with Gasteiger partial charge in [-0.25, -0.2) is 0 Å². The number of carbonyl (C=O) groups excluding carboxylic acids is 2. The Kier molecular flexibility index (Phi) is 34.5. The molecule has 0 fully saturated rings. The average Bonchev–Trinajstić information content (AvgIpc) is 3.10. The highest BCUT2D eigenvalue weighted by molar-refractivity contribution is 5.81. The summed E-state index contributed by atoms with van der Waals surface area (Å²) in [7, 11) is 0. The van der Waals surface area contributed by atoms with Crippen LogP contribution in [0.4, 0.5) is 0 Å². The van der Waals surface area contributed by atoms with E-state index in [2.05, 4.69) is 129 Å². The highest BCUT2D eigenvalue weighted by atomic mass is 16.5. The predicted molar refractivity (Wildman–Crippen MR) is 212 cm³/mol. The van der Waals surface area contributed by atoms with Crippen molar-refractivity contribution >= 4 is 17.8 Å². The topological polar surface area (TPSA) is 92.7 Å². The van der Waals surface area contributed by atoms with Crippen molar-refractivity contribution in [2.45, 2.75) is 129 Å². The summed E-state index contributed by atoms with van der Waals surface area (Å²) in [4.78, 5) is 35.1. The van der Waals surface area contributed by atoms with Crippen LogP contribution in [0.2, 0.25) is 0 Å². The molecule has 1 unspecified atom stereocenters. The van der Waals surface area contributed by atoms with Crippen LogP contribution in [-0.2, 0) is 19.1 Å². The summed E-state index contributed by atoms with van der Waals surface area (Å²) in [6, 6.07) is 0. The number of esters is 1. The first-order chi connectivity index (χ1) is 24.5. The molecular weight excluding hydrogens is 622 g/mol. The molecule has 0 saturated carbocycles. The zero-order valence-electron chi connectivity index (χ0n) is 30.9. The summed E-state index contributed by atoms with van der Waals surface area (Å²) in [5.41, 5.74) is 0. The molecule has 2 N–H and O–H groups in total. The molecule has 0 rings (SSSR count). The van der Waals surface area contributed by atoms with Gasteiger partial charge in [-0.1, -0.05) is 129 Å². The molecule has 1 atom stereocenters. The largest absolute Gasteiger partial charge is 0.480 e. The molecule has 0 bridgehead atoms. The number of carboxylic acids is 1. The van der Waals surface area contributed by atoms with Gasteiger partial charge in [0, 0.05) is 12.8 Å². The van der Waals surface area contributed by atoms with Crippen molar-refractivity contribution in [2.75, 3.05) is 6.54 Å². The number of carbonyl (C=O) groups is 3. The van der Waals surface area contributed by atoms with E-state index >= 15 is 0 Å². The van der Waals surface area contributed by atoms with Crippen molar-refractivity contribution in [1.29, 1.82) is 0 Å². The first-order valence-corrected chi connectivity index (χ1v) is 18.7. The number of allylic oxidation sites excluding steroid dienone is 19. The summed E-state index contributed by atoms with van der Waals surface area (Å²) >= 11 is 0. The van der Waals surface area contributed by atoms with Gasteiger partial charge in [-0.05, 0) is 102 Å². The van der Waals surface area contributed by atoms with Crippen LogP contribution in [0, 0.1) is 0 Å². The van der Waals surface area contributed by atoms with Gasteiger partial charge >= 0.3 is 11.9 Å². The van der Waals surface area contributed by atoms with Crippen LogP contribution >= 0.6 is 0 Å². The van der Waals surface area contributed by atoms with Crippen LogP contribution in [0.15, 0.2) is 122 Å². The van der Waals surface area contributed by atoms with E-state index in [1.165, 1.54) is 0 Å².